The first-order valence-corrected chi connectivity index (χ1v) is 7.12. The van der Waals surface area contributed by atoms with Gasteiger partial charge in [-0.15, -0.1) is 0 Å². The van der Waals surface area contributed by atoms with Crippen molar-refractivity contribution in [2.24, 2.45) is 0 Å². The number of ether oxygens (including phenoxy) is 3. The lowest BCUT2D eigenvalue weighted by atomic mass is 10.00. The Bertz CT molecular complexity index is 605. The average molecular weight is 353 g/mol. The van der Waals surface area contributed by atoms with Crippen LogP contribution < -0.4 is 14.2 Å². The molecule has 0 radical (unpaired) electrons. The molecule has 0 bridgehead atoms. The summed E-state index contributed by atoms with van der Waals surface area (Å²) in [4.78, 5) is 0. The van der Waals surface area contributed by atoms with Crippen LogP contribution in [0.2, 0.25) is 0 Å². The van der Waals surface area contributed by atoms with Gasteiger partial charge in [0.1, 0.15) is 23.4 Å². The molecule has 0 aliphatic heterocycles. The number of halogens is 1. The van der Waals surface area contributed by atoms with E-state index in [9.17, 15) is 5.11 Å². The van der Waals surface area contributed by atoms with Crippen molar-refractivity contribution in [3.63, 3.8) is 0 Å². The van der Waals surface area contributed by atoms with Gasteiger partial charge in [-0.3, -0.25) is 0 Å². The van der Waals surface area contributed by atoms with Crippen molar-refractivity contribution in [2.45, 2.75) is 6.10 Å². The van der Waals surface area contributed by atoms with Crippen LogP contribution in [0.3, 0.4) is 0 Å². The van der Waals surface area contributed by atoms with Crippen LogP contribution in [-0.2, 0) is 0 Å². The first-order valence-electron chi connectivity index (χ1n) is 6.33. The first-order chi connectivity index (χ1) is 10.1. The molecule has 0 heterocycles. The Morgan fingerprint density at radius 3 is 2.05 bits per heavy atom. The molecular formula is C16H17BrO4. The molecule has 21 heavy (non-hydrogen) atoms. The van der Waals surface area contributed by atoms with E-state index in [2.05, 4.69) is 15.9 Å². The zero-order valence-corrected chi connectivity index (χ0v) is 13.7. The van der Waals surface area contributed by atoms with Crippen LogP contribution in [0.5, 0.6) is 17.2 Å². The molecule has 2 aromatic rings. The van der Waals surface area contributed by atoms with Crippen molar-refractivity contribution in [1.82, 2.24) is 0 Å². The fraction of sp³-hybridized carbons (Fsp3) is 0.250. The molecule has 1 unspecified atom stereocenters. The molecule has 0 saturated carbocycles. The van der Waals surface area contributed by atoms with E-state index >= 15 is 0 Å². The summed E-state index contributed by atoms with van der Waals surface area (Å²) in [7, 11) is 4.72. The Kier molecular flexibility index (Phi) is 5.09. The first kappa shape index (κ1) is 15.7. The van der Waals surface area contributed by atoms with E-state index in [-0.39, 0.29) is 0 Å². The number of hydrogen-bond donors (Lipinski definition) is 1. The Hall–Kier alpha value is -1.72. The van der Waals surface area contributed by atoms with Gasteiger partial charge in [0, 0.05) is 16.1 Å². The van der Waals surface area contributed by atoms with E-state index < -0.39 is 6.10 Å². The summed E-state index contributed by atoms with van der Waals surface area (Å²) >= 11 is 3.41. The van der Waals surface area contributed by atoms with Crippen molar-refractivity contribution in [3.8, 4) is 17.2 Å². The lowest BCUT2D eigenvalue weighted by Gasteiger charge is -2.17. The number of hydrogen-bond acceptors (Lipinski definition) is 4. The number of rotatable bonds is 5. The van der Waals surface area contributed by atoms with Gasteiger partial charge in [0.05, 0.1) is 21.3 Å². The molecule has 4 nitrogen and oxygen atoms in total. The van der Waals surface area contributed by atoms with E-state index in [1.807, 2.05) is 12.1 Å². The van der Waals surface area contributed by atoms with Crippen LogP contribution in [0.4, 0.5) is 0 Å². The number of methoxy groups -OCH3 is 3. The lowest BCUT2D eigenvalue weighted by molar-refractivity contribution is 0.213. The minimum atomic E-state index is -0.846. The highest BCUT2D eigenvalue weighted by atomic mass is 79.9. The molecule has 1 atom stereocenters. The summed E-state index contributed by atoms with van der Waals surface area (Å²) in [5.74, 6) is 1.86. The smallest absolute Gasteiger partial charge is 0.125 e. The SMILES string of the molecule is COc1cc(OC)cc(C(O)c2cc(Br)ccc2OC)c1. The lowest BCUT2D eigenvalue weighted by Crippen LogP contribution is -2.03. The molecule has 0 aliphatic rings. The fourth-order valence-corrected chi connectivity index (χ4v) is 2.46. The third kappa shape index (κ3) is 3.49. The van der Waals surface area contributed by atoms with Gasteiger partial charge in [-0.2, -0.15) is 0 Å². The van der Waals surface area contributed by atoms with Crippen LogP contribution in [0.25, 0.3) is 0 Å². The monoisotopic (exact) mass is 352 g/mol. The maximum atomic E-state index is 10.7. The zero-order valence-electron chi connectivity index (χ0n) is 12.1. The number of benzene rings is 2. The molecule has 0 aromatic heterocycles. The Labute approximate surface area is 132 Å². The summed E-state index contributed by atoms with van der Waals surface area (Å²) in [6.07, 6.45) is -0.846. The van der Waals surface area contributed by atoms with Crippen LogP contribution >= 0.6 is 15.9 Å². The van der Waals surface area contributed by atoms with Crippen molar-refractivity contribution in [2.75, 3.05) is 21.3 Å². The van der Waals surface area contributed by atoms with Crippen molar-refractivity contribution in [1.29, 1.82) is 0 Å². The highest BCUT2D eigenvalue weighted by Crippen LogP contribution is 2.35. The zero-order chi connectivity index (χ0) is 15.4. The second-order valence-corrected chi connectivity index (χ2v) is 5.35. The van der Waals surface area contributed by atoms with Gasteiger partial charge in [-0.1, -0.05) is 15.9 Å². The molecule has 1 N–H and O–H groups in total. The van der Waals surface area contributed by atoms with E-state index in [0.29, 0.717) is 28.4 Å². The molecule has 0 spiro atoms. The van der Waals surface area contributed by atoms with Gasteiger partial charge in [0.15, 0.2) is 0 Å². The maximum Gasteiger partial charge on any atom is 0.125 e. The van der Waals surface area contributed by atoms with Gasteiger partial charge in [0.2, 0.25) is 0 Å². The topological polar surface area (TPSA) is 47.9 Å². The van der Waals surface area contributed by atoms with Crippen LogP contribution in [-0.4, -0.2) is 26.4 Å². The maximum absolute atomic E-state index is 10.7. The highest BCUT2D eigenvalue weighted by Gasteiger charge is 2.18. The van der Waals surface area contributed by atoms with Crippen molar-refractivity contribution < 1.29 is 19.3 Å². The summed E-state index contributed by atoms with van der Waals surface area (Å²) in [6, 6.07) is 10.8. The highest BCUT2D eigenvalue weighted by molar-refractivity contribution is 9.10. The second kappa shape index (κ2) is 6.83. The quantitative estimate of drug-likeness (QED) is 0.893. The summed E-state index contributed by atoms with van der Waals surface area (Å²) < 4.78 is 16.6. The molecule has 0 amide bonds. The van der Waals surface area contributed by atoms with Gasteiger partial charge in [-0.05, 0) is 35.9 Å². The largest absolute Gasteiger partial charge is 0.497 e. The molecule has 2 aromatic carbocycles. The average Bonchev–Trinajstić information content (AvgIpc) is 2.53. The van der Waals surface area contributed by atoms with Gasteiger partial charge >= 0.3 is 0 Å². The third-order valence-electron chi connectivity index (χ3n) is 3.18. The molecule has 5 heteroatoms. The normalized spacial score (nSPS) is 11.9. The fourth-order valence-electron chi connectivity index (χ4n) is 2.09. The van der Waals surface area contributed by atoms with Crippen molar-refractivity contribution >= 4 is 15.9 Å². The second-order valence-electron chi connectivity index (χ2n) is 4.43. The minimum Gasteiger partial charge on any atom is -0.497 e. The Morgan fingerprint density at radius 1 is 0.905 bits per heavy atom. The summed E-state index contributed by atoms with van der Waals surface area (Å²) in [5.41, 5.74) is 1.34. The molecule has 0 aliphatic carbocycles. The van der Waals surface area contributed by atoms with Crippen LogP contribution in [0.1, 0.15) is 17.2 Å². The predicted octanol–water partition coefficient (Wildman–Crippen LogP) is 3.56. The molecule has 112 valence electrons. The minimum absolute atomic E-state index is 0.618. The van der Waals surface area contributed by atoms with E-state index in [1.54, 1.807) is 45.6 Å². The van der Waals surface area contributed by atoms with Gasteiger partial charge < -0.3 is 19.3 Å². The van der Waals surface area contributed by atoms with Gasteiger partial charge in [-0.25, -0.2) is 0 Å². The van der Waals surface area contributed by atoms with Crippen LogP contribution in [0, 0.1) is 0 Å². The molecule has 0 fully saturated rings. The Balaban J connectivity index is 2.48. The number of aliphatic hydroxyl groups excluding tert-OH is 1. The summed E-state index contributed by atoms with van der Waals surface area (Å²) in [6.45, 7) is 0. The predicted molar refractivity (Wildman–Crippen MR) is 84.3 cm³/mol. The van der Waals surface area contributed by atoms with E-state index in [1.165, 1.54) is 0 Å². The standard InChI is InChI=1S/C16H17BrO4/c1-19-12-6-10(7-13(9-12)20-2)16(18)14-8-11(17)4-5-15(14)21-3/h4-9,16,18H,1-3H3. The molecule has 0 saturated heterocycles. The van der Waals surface area contributed by atoms with Crippen molar-refractivity contribution in [3.05, 3.63) is 52.0 Å². The van der Waals surface area contributed by atoms with E-state index in [4.69, 9.17) is 14.2 Å². The molecule has 2 rings (SSSR count). The number of aliphatic hydroxyl groups is 1. The van der Waals surface area contributed by atoms with Gasteiger partial charge in [0.25, 0.3) is 0 Å². The van der Waals surface area contributed by atoms with E-state index in [0.717, 1.165) is 4.47 Å². The Morgan fingerprint density at radius 2 is 1.52 bits per heavy atom. The molecular weight excluding hydrogens is 336 g/mol. The third-order valence-corrected chi connectivity index (χ3v) is 3.67. The van der Waals surface area contributed by atoms with Crippen LogP contribution in [0.15, 0.2) is 40.9 Å². The summed E-state index contributed by atoms with van der Waals surface area (Å²) in [5, 5.41) is 10.7.